The molecule has 2 aromatic carbocycles. The monoisotopic (exact) mass is 695 g/mol. The Balaban J connectivity index is 2.35. The van der Waals surface area contributed by atoms with Gasteiger partial charge in [0.1, 0.15) is 17.6 Å². The molecule has 0 aliphatic rings. The smallest absolute Gasteiger partial charge is 0.258 e. The molecule has 10 nitrogen and oxygen atoms in total. The van der Waals surface area contributed by atoms with E-state index in [0.717, 1.165) is 5.56 Å². The van der Waals surface area contributed by atoms with E-state index in [1.807, 2.05) is 58.0 Å². The zero-order valence-electron chi connectivity index (χ0n) is 28.9. The van der Waals surface area contributed by atoms with Gasteiger partial charge in [-0.2, -0.15) is 8.78 Å². The van der Waals surface area contributed by atoms with Crippen molar-refractivity contribution in [3.63, 3.8) is 0 Å². The molecule has 0 fully saturated rings. The lowest BCUT2D eigenvalue weighted by Gasteiger charge is -2.28. The number of hydrogen-bond donors (Lipinski definition) is 6. The van der Waals surface area contributed by atoms with E-state index in [1.54, 1.807) is 13.8 Å². The maximum Gasteiger partial charge on any atom is 0.258 e. The van der Waals surface area contributed by atoms with Crippen molar-refractivity contribution in [3.05, 3.63) is 64.7 Å². The van der Waals surface area contributed by atoms with Crippen LogP contribution >= 0.6 is 0 Å². The Bertz CT molecular complexity index is 1400. The summed E-state index contributed by atoms with van der Waals surface area (Å²) >= 11 is 0. The summed E-state index contributed by atoms with van der Waals surface area (Å²) < 4.78 is 57.0. The third-order valence-corrected chi connectivity index (χ3v) is 7.78. The lowest BCUT2D eigenvalue weighted by atomic mass is 9.99. The van der Waals surface area contributed by atoms with Gasteiger partial charge < -0.3 is 31.7 Å². The van der Waals surface area contributed by atoms with Crippen molar-refractivity contribution in [2.75, 3.05) is 13.1 Å². The number of carbonyl (C=O) groups is 4. The standard InChI is InChI=1S/C35H49F4N5O5/c1-7-23(32(46)40-8-2)41-18-22(16-19(3)4)42-33(47)24(15-14-21-12-10-9-11-13-21)43-34(48)25(17-20(5)6)44-35(49)26-27(36)29(38)31(45)30(39)28(26)37/h9-13,19-20,22-25,41,45H,7-8,14-18H2,1-6H3,(H,40,46)(H,42,47)(H,43,48)(H,44,49)/t22-,23-,24-,25-/m0/s1. The van der Waals surface area contributed by atoms with Crippen LogP contribution in [0.15, 0.2) is 30.3 Å². The van der Waals surface area contributed by atoms with E-state index in [0.29, 0.717) is 25.8 Å². The van der Waals surface area contributed by atoms with E-state index < -0.39 is 76.5 Å². The summed E-state index contributed by atoms with van der Waals surface area (Å²) in [5, 5.41) is 23.1. The molecule has 0 bridgehead atoms. The molecule has 49 heavy (non-hydrogen) atoms. The van der Waals surface area contributed by atoms with Crippen LogP contribution in [0.5, 0.6) is 5.75 Å². The Morgan fingerprint density at radius 3 is 1.82 bits per heavy atom. The van der Waals surface area contributed by atoms with Crippen molar-refractivity contribution in [2.45, 2.75) is 97.8 Å². The average Bonchev–Trinajstić information content (AvgIpc) is 3.04. The molecule has 0 aliphatic heterocycles. The molecule has 0 unspecified atom stereocenters. The number of aromatic hydroxyl groups is 1. The van der Waals surface area contributed by atoms with Crippen LogP contribution in [0.25, 0.3) is 0 Å². The van der Waals surface area contributed by atoms with Gasteiger partial charge in [-0.3, -0.25) is 19.2 Å². The van der Waals surface area contributed by atoms with Gasteiger partial charge in [-0.05, 0) is 56.4 Å². The highest BCUT2D eigenvalue weighted by Crippen LogP contribution is 2.29. The quantitative estimate of drug-likeness (QED) is 0.0957. The molecule has 0 radical (unpaired) electrons. The normalized spacial score (nSPS) is 13.8. The molecule has 0 heterocycles. The lowest BCUT2D eigenvalue weighted by Crippen LogP contribution is -2.57. The summed E-state index contributed by atoms with van der Waals surface area (Å²) in [7, 11) is 0. The zero-order valence-corrected chi connectivity index (χ0v) is 28.9. The average molecular weight is 696 g/mol. The molecule has 4 amide bonds. The maximum atomic E-state index is 14.5. The SMILES string of the molecule is CCNC(=O)[C@H](CC)NC[C@H](CC(C)C)NC(=O)[C@H](CCc1ccccc1)NC(=O)[C@H](CC(C)C)NC(=O)c1c(F)c(F)c(O)c(F)c1F. The van der Waals surface area contributed by atoms with Crippen LogP contribution in [0.3, 0.4) is 0 Å². The molecule has 6 N–H and O–H groups in total. The van der Waals surface area contributed by atoms with Gasteiger partial charge in [0.05, 0.1) is 6.04 Å². The minimum Gasteiger partial charge on any atom is -0.503 e. The third-order valence-electron chi connectivity index (χ3n) is 7.78. The van der Waals surface area contributed by atoms with Gasteiger partial charge in [-0.15, -0.1) is 0 Å². The molecule has 2 rings (SSSR count). The second-order valence-electron chi connectivity index (χ2n) is 12.8. The first-order valence-electron chi connectivity index (χ1n) is 16.6. The highest BCUT2D eigenvalue weighted by Gasteiger charge is 2.33. The number of likely N-dealkylation sites (N-methyl/N-ethyl adjacent to an activating group) is 1. The Hall–Kier alpha value is -4.20. The summed E-state index contributed by atoms with van der Waals surface area (Å²) in [6.45, 7) is 11.8. The second-order valence-corrected chi connectivity index (χ2v) is 12.8. The molecule has 4 atom stereocenters. The number of rotatable bonds is 19. The van der Waals surface area contributed by atoms with Gasteiger partial charge in [-0.1, -0.05) is 65.0 Å². The molecule has 0 aromatic heterocycles. The first kappa shape index (κ1) is 41.0. The highest BCUT2D eigenvalue weighted by molar-refractivity contribution is 5.99. The fourth-order valence-electron chi connectivity index (χ4n) is 5.32. The topological polar surface area (TPSA) is 149 Å². The van der Waals surface area contributed by atoms with E-state index in [9.17, 15) is 41.8 Å². The number of aryl methyl sites for hydroxylation is 1. The number of carbonyl (C=O) groups excluding carboxylic acids is 4. The molecular weight excluding hydrogens is 646 g/mol. The maximum absolute atomic E-state index is 14.5. The summed E-state index contributed by atoms with van der Waals surface area (Å²) in [5.74, 6) is -13.8. The highest BCUT2D eigenvalue weighted by atomic mass is 19.2. The van der Waals surface area contributed by atoms with E-state index in [1.165, 1.54) is 0 Å². The van der Waals surface area contributed by atoms with Crippen LogP contribution in [0.4, 0.5) is 17.6 Å². The Kier molecular flexibility index (Phi) is 16.5. The van der Waals surface area contributed by atoms with Gasteiger partial charge in [0.2, 0.25) is 29.4 Å². The number of phenols is 1. The molecular formula is C35H49F4N5O5. The number of nitrogens with one attached hydrogen (secondary N) is 5. The zero-order chi connectivity index (χ0) is 36.8. The van der Waals surface area contributed by atoms with Gasteiger partial charge in [0, 0.05) is 19.1 Å². The molecule has 2 aromatic rings. The Morgan fingerprint density at radius 2 is 1.29 bits per heavy atom. The third kappa shape index (κ3) is 12.3. The fraction of sp³-hybridized carbons (Fsp3) is 0.543. The van der Waals surface area contributed by atoms with Crippen molar-refractivity contribution < 1.29 is 41.8 Å². The predicted molar refractivity (Wildman–Crippen MR) is 177 cm³/mol. The number of amides is 4. The predicted octanol–water partition coefficient (Wildman–Crippen LogP) is 4.25. The fourth-order valence-corrected chi connectivity index (χ4v) is 5.32. The van der Waals surface area contributed by atoms with Crippen molar-refractivity contribution in [3.8, 4) is 5.75 Å². The minimum absolute atomic E-state index is 0.0605. The number of phenolic OH excluding ortho intramolecular Hbond substituents is 1. The van der Waals surface area contributed by atoms with Crippen LogP contribution in [0.1, 0.15) is 83.1 Å². The molecule has 0 saturated carbocycles. The van der Waals surface area contributed by atoms with E-state index in [4.69, 9.17) is 0 Å². The van der Waals surface area contributed by atoms with Crippen molar-refractivity contribution in [1.82, 2.24) is 26.6 Å². The first-order chi connectivity index (χ1) is 23.1. The number of benzene rings is 2. The van der Waals surface area contributed by atoms with Crippen LogP contribution in [0, 0.1) is 35.1 Å². The molecule has 0 spiro atoms. The van der Waals surface area contributed by atoms with Crippen molar-refractivity contribution in [1.29, 1.82) is 0 Å². The Morgan fingerprint density at radius 1 is 0.714 bits per heavy atom. The van der Waals surface area contributed by atoms with E-state index in [2.05, 4.69) is 26.6 Å². The van der Waals surface area contributed by atoms with Crippen molar-refractivity contribution >= 4 is 23.6 Å². The summed E-state index contributed by atoms with van der Waals surface area (Å²) in [5.41, 5.74) is -0.758. The summed E-state index contributed by atoms with van der Waals surface area (Å²) in [6, 6.07) is 5.70. The minimum atomic E-state index is -2.16. The largest absolute Gasteiger partial charge is 0.503 e. The first-order valence-corrected chi connectivity index (χ1v) is 16.6. The van der Waals surface area contributed by atoms with Gasteiger partial charge in [0.25, 0.3) is 5.91 Å². The summed E-state index contributed by atoms with van der Waals surface area (Å²) in [4.78, 5) is 52.8. The van der Waals surface area contributed by atoms with E-state index >= 15 is 0 Å². The molecule has 0 aliphatic carbocycles. The lowest BCUT2D eigenvalue weighted by molar-refractivity contribution is -0.130. The number of halogens is 4. The van der Waals surface area contributed by atoms with Crippen LogP contribution < -0.4 is 26.6 Å². The molecule has 0 saturated heterocycles. The second kappa shape index (κ2) is 19.7. The molecule has 14 heteroatoms. The van der Waals surface area contributed by atoms with Gasteiger partial charge >= 0.3 is 0 Å². The van der Waals surface area contributed by atoms with E-state index in [-0.39, 0.29) is 37.1 Å². The molecule has 272 valence electrons. The van der Waals surface area contributed by atoms with Gasteiger partial charge in [0.15, 0.2) is 17.4 Å². The number of hydrogen-bond acceptors (Lipinski definition) is 6. The van der Waals surface area contributed by atoms with Gasteiger partial charge in [-0.25, -0.2) is 8.78 Å². The van der Waals surface area contributed by atoms with Crippen LogP contribution in [-0.2, 0) is 20.8 Å². The van der Waals surface area contributed by atoms with Crippen LogP contribution in [0.2, 0.25) is 0 Å². The van der Waals surface area contributed by atoms with Crippen LogP contribution in [-0.4, -0.2) is 66.0 Å². The Labute approximate surface area is 285 Å². The van der Waals surface area contributed by atoms with Crippen molar-refractivity contribution in [2.24, 2.45) is 11.8 Å². The summed E-state index contributed by atoms with van der Waals surface area (Å²) in [6.07, 6.45) is 1.52.